The first kappa shape index (κ1) is 14.5. The standard InChI is InChI=1S/C13H10FNO3S2/c14-8-1-3-9(4-2-8)20-7-11(16)15-10-5-6-19-12(10)13(17)18/h1-6H,7H2,(H,15,16)(H,17,18). The van der Waals surface area contributed by atoms with Crippen LogP contribution in [0, 0.1) is 5.82 Å². The van der Waals surface area contributed by atoms with Crippen molar-refractivity contribution < 1.29 is 19.1 Å². The molecule has 104 valence electrons. The van der Waals surface area contributed by atoms with Crippen molar-refractivity contribution in [2.24, 2.45) is 0 Å². The van der Waals surface area contributed by atoms with Crippen molar-refractivity contribution in [2.45, 2.75) is 4.90 Å². The van der Waals surface area contributed by atoms with Gasteiger partial charge in [-0.15, -0.1) is 23.1 Å². The fraction of sp³-hybridized carbons (Fsp3) is 0.0769. The summed E-state index contributed by atoms with van der Waals surface area (Å²) in [4.78, 5) is 23.5. The third kappa shape index (κ3) is 3.82. The summed E-state index contributed by atoms with van der Waals surface area (Å²) in [7, 11) is 0. The molecule has 0 aliphatic carbocycles. The van der Waals surface area contributed by atoms with Crippen LogP contribution < -0.4 is 5.32 Å². The van der Waals surface area contributed by atoms with Crippen LogP contribution in [-0.2, 0) is 4.79 Å². The van der Waals surface area contributed by atoms with Crippen molar-refractivity contribution in [3.8, 4) is 0 Å². The molecule has 7 heteroatoms. The number of thioether (sulfide) groups is 1. The van der Waals surface area contributed by atoms with E-state index < -0.39 is 5.97 Å². The van der Waals surface area contributed by atoms with Crippen molar-refractivity contribution >= 4 is 40.7 Å². The lowest BCUT2D eigenvalue weighted by atomic mass is 10.4. The monoisotopic (exact) mass is 311 g/mol. The largest absolute Gasteiger partial charge is 0.477 e. The first-order chi connectivity index (χ1) is 9.56. The molecule has 2 aromatic rings. The van der Waals surface area contributed by atoms with Gasteiger partial charge in [0.25, 0.3) is 0 Å². The van der Waals surface area contributed by atoms with Crippen LogP contribution in [0.3, 0.4) is 0 Å². The first-order valence-electron chi connectivity index (χ1n) is 5.55. The first-order valence-corrected chi connectivity index (χ1v) is 7.42. The molecular formula is C13H10FNO3S2. The highest BCUT2D eigenvalue weighted by atomic mass is 32.2. The van der Waals surface area contributed by atoms with Gasteiger partial charge >= 0.3 is 5.97 Å². The molecule has 4 nitrogen and oxygen atoms in total. The number of carbonyl (C=O) groups excluding carboxylic acids is 1. The van der Waals surface area contributed by atoms with E-state index in [-0.39, 0.29) is 22.4 Å². The number of nitrogens with one attached hydrogen (secondary N) is 1. The van der Waals surface area contributed by atoms with E-state index in [9.17, 15) is 14.0 Å². The average molecular weight is 311 g/mol. The lowest BCUT2D eigenvalue weighted by molar-refractivity contribution is -0.113. The maximum Gasteiger partial charge on any atom is 0.348 e. The summed E-state index contributed by atoms with van der Waals surface area (Å²) in [5.41, 5.74) is 0.298. The Balaban J connectivity index is 1.91. The fourth-order valence-corrected chi connectivity index (χ4v) is 2.82. The predicted octanol–water partition coefficient (Wildman–Crippen LogP) is 3.32. The predicted molar refractivity (Wildman–Crippen MR) is 77.0 cm³/mol. The quantitative estimate of drug-likeness (QED) is 0.831. The Hall–Kier alpha value is -1.86. The smallest absolute Gasteiger partial charge is 0.348 e. The molecule has 0 saturated carbocycles. The van der Waals surface area contributed by atoms with Crippen LogP contribution in [0.1, 0.15) is 9.67 Å². The van der Waals surface area contributed by atoms with Crippen molar-refractivity contribution in [3.05, 3.63) is 46.4 Å². The number of thiophene rings is 1. The highest BCUT2D eigenvalue weighted by Gasteiger charge is 2.13. The minimum atomic E-state index is -1.07. The van der Waals surface area contributed by atoms with Gasteiger partial charge in [-0.2, -0.15) is 0 Å². The Morgan fingerprint density at radius 1 is 1.25 bits per heavy atom. The number of hydrogen-bond acceptors (Lipinski definition) is 4. The Labute approximate surface area is 122 Å². The molecule has 0 fully saturated rings. The number of carboxylic acid groups (broad SMARTS) is 1. The Kier molecular flexibility index (Phi) is 4.75. The molecule has 0 spiro atoms. The third-order valence-corrected chi connectivity index (χ3v) is 4.23. The topological polar surface area (TPSA) is 66.4 Å². The summed E-state index contributed by atoms with van der Waals surface area (Å²) in [6, 6.07) is 7.36. The molecular weight excluding hydrogens is 301 g/mol. The van der Waals surface area contributed by atoms with Gasteiger partial charge in [0.2, 0.25) is 5.91 Å². The molecule has 20 heavy (non-hydrogen) atoms. The van der Waals surface area contributed by atoms with Gasteiger partial charge in [-0.25, -0.2) is 9.18 Å². The molecule has 2 rings (SSSR count). The van der Waals surface area contributed by atoms with Crippen molar-refractivity contribution in [2.75, 3.05) is 11.1 Å². The minimum Gasteiger partial charge on any atom is -0.477 e. The summed E-state index contributed by atoms with van der Waals surface area (Å²) in [6.07, 6.45) is 0. The van der Waals surface area contributed by atoms with Gasteiger partial charge in [0, 0.05) is 4.90 Å². The molecule has 0 aliphatic heterocycles. The molecule has 1 amide bonds. The molecule has 0 saturated heterocycles. The van der Waals surface area contributed by atoms with Gasteiger partial charge in [0.15, 0.2) is 0 Å². The zero-order chi connectivity index (χ0) is 14.5. The van der Waals surface area contributed by atoms with Gasteiger partial charge in [-0.1, -0.05) is 0 Å². The summed E-state index contributed by atoms with van der Waals surface area (Å²) in [5.74, 6) is -1.58. The number of benzene rings is 1. The van der Waals surface area contributed by atoms with E-state index in [4.69, 9.17) is 5.11 Å². The highest BCUT2D eigenvalue weighted by Crippen LogP contribution is 2.23. The van der Waals surface area contributed by atoms with Crippen molar-refractivity contribution in [1.82, 2.24) is 0 Å². The van der Waals surface area contributed by atoms with Crippen LogP contribution in [0.5, 0.6) is 0 Å². The summed E-state index contributed by atoms with van der Waals surface area (Å²) in [6.45, 7) is 0. The number of rotatable bonds is 5. The second-order valence-corrected chi connectivity index (χ2v) is 5.72. The number of halogens is 1. The number of carbonyl (C=O) groups is 2. The van der Waals surface area contributed by atoms with Crippen molar-refractivity contribution in [3.63, 3.8) is 0 Å². The van der Waals surface area contributed by atoms with Gasteiger partial charge < -0.3 is 10.4 Å². The van der Waals surface area contributed by atoms with E-state index in [1.807, 2.05) is 0 Å². The summed E-state index contributed by atoms with van der Waals surface area (Å²) >= 11 is 2.30. The van der Waals surface area contributed by atoms with E-state index in [1.54, 1.807) is 23.6 Å². The van der Waals surface area contributed by atoms with Gasteiger partial charge in [-0.3, -0.25) is 4.79 Å². The van der Waals surface area contributed by atoms with E-state index in [0.29, 0.717) is 5.69 Å². The van der Waals surface area contributed by atoms with Gasteiger partial charge in [-0.05, 0) is 35.7 Å². The van der Waals surface area contributed by atoms with Gasteiger partial charge in [0.1, 0.15) is 10.7 Å². The maximum absolute atomic E-state index is 12.7. The summed E-state index contributed by atoms with van der Waals surface area (Å²) < 4.78 is 12.7. The van der Waals surface area contributed by atoms with E-state index in [1.165, 1.54) is 23.9 Å². The third-order valence-electron chi connectivity index (χ3n) is 2.32. The molecule has 0 atom stereocenters. The Bertz CT molecular complexity index is 625. The van der Waals surface area contributed by atoms with Crippen LogP contribution >= 0.6 is 23.1 Å². The molecule has 0 unspecified atom stereocenters. The van der Waals surface area contributed by atoms with E-state index in [0.717, 1.165) is 16.2 Å². The number of anilines is 1. The zero-order valence-corrected chi connectivity index (χ0v) is 11.8. The molecule has 2 N–H and O–H groups in total. The molecule has 1 aromatic carbocycles. The van der Waals surface area contributed by atoms with E-state index in [2.05, 4.69) is 5.32 Å². The number of carboxylic acids is 1. The number of aromatic carboxylic acids is 1. The Morgan fingerprint density at radius 3 is 2.60 bits per heavy atom. The lowest BCUT2D eigenvalue weighted by Gasteiger charge is -2.04. The number of hydrogen-bond donors (Lipinski definition) is 2. The van der Waals surface area contributed by atoms with Crippen LogP contribution in [0.4, 0.5) is 10.1 Å². The molecule has 1 heterocycles. The van der Waals surface area contributed by atoms with E-state index >= 15 is 0 Å². The summed E-state index contributed by atoms with van der Waals surface area (Å²) in [5, 5.41) is 13.1. The minimum absolute atomic E-state index is 0.102. The molecule has 0 aliphatic rings. The SMILES string of the molecule is O=C(CSc1ccc(F)cc1)Nc1ccsc1C(=O)O. The molecule has 0 radical (unpaired) electrons. The van der Waals surface area contributed by atoms with Crippen LogP contribution in [0.2, 0.25) is 0 Å². The fourth-order valence-electron chi connectivity index (χ4n) is 1.44. The number of amides is 1. The lowest BCUT2D eigenvalue weighted by Crippen LogP contribution is -2.15. The highest BCUT2D eigenvalue weighted by molar-refractivity contribution is 8.00. The van der Waals surface area contributed by atoms with Crippen molar-refractivity contribution in [1.29, 1.82) is 0 Å². The van der Waals surface area contributed by atoms with Crippen LogP contribution in [0.15, 0.2) is 40.6 Å². The van der Waals surface area contributed by atoms with Gasteiger partial charge in [0.05, 0.1) is 11.4 Å². The van der Waals surface area contributed by atoms with Crippen LogP contribution in [0.25, 0.3) is 0 Å². The average Bonchev–Trinajstić information content (AvgIpc) is 2.86. The molecule has 1 aromatic heterocycles. The normalized spacial score (nSPS) is 10.2. The zero-order valence-electron chi connectivity index (χ0n) is 10.1. The van der Waals surface area contributed by atoms with Crippen LogP contribution in [-0.4, -0.2) is 22.7 Å². The molecule has 0 bridgehead atoms. The second kappa shape index (κ2) is 6.53. The Morgan fingerprint density at radius 2 is 1.95 bits per heavy atom. The second-order valence-electron chi connectivity index (χ2n) is 3.76. The maximum atomic E-state index is 12.7.